The van der Waals surface area contributed by atoms with Gasteiger partial charge >= 0.3 is 11.9 Å². The molecule has 0 aliphatic rings. The largest absolute Gasteiger partial charge is 0.394 e. The lowest BCUT2D eigenvalue weighted by molar-refractivity contribution is -0.158. The van der Waals surface area contributed by atoms with Gasteiger partial charge in [0.15, 0.2) is 0 Å². The van der Waals surface area contributed by atoms with Crippen molar-refractivity contribution in [2.45, 2.75) is 103 Å². The van der Waals surface area contributed by atoms with Gasteiger partial charge in [-0.15, -0.1) is 0 Å². The molecule has 0 spiro atoms. The Morgan fingerprint density at radius 3 is 2.21 bits per heavy atom. The fourth-order valence-corrected chi connectivity index (χ4v) is 2.66. The molecule has 0 aromatic rings. The molecule has 0 bridgehead atoms. The number of hydrogen-bond acceptors (Lipinski definition) is 6. The van der Waals surface area contributed by atoms with Crippen LogP contribution in [0.1, 0.15) is 97.3 Å². The molecule has 0 saturated heterocycles. The Kier molecular flexibility index (Phi) is 25.6. The van der Waals surface area contributed by atoms with Crippen LogP contribution in [0, 0.1) is 0 Å². The standard InChI is InChI=1S/C20H36O4.C3H8O2/c1-3-4-5-12-15-19(22)16-13-10-8-6-7-9-11-14-17-20(23)24-18(2)21;1-5-3-2-4/h10,13,19,22H,3-9,11-12,14-17H2,1-2H3;4H,2-3H2,1H3/b13-10-;/t19-;/m1./s1. The van der Waals surface area contributed by atoms with Crippen LogP contribution < -0.4 is 0 Å². The van der Waals surface area contributed by atoms with E-state index in [4.69, 9.17) is 5.11 Å². The SMILES string of the molecule is CCCCCC[C@@H](O)C/C=C\CCCCCCCC(=O)OC(C)=O.COCCO. The summed E-state index contributed by atoms with van der Waals surface area (Å²) in [7, 11) is 1.55. The minimum atomic E-state index is -0.530. The van der Waals surface area contributed by atoms with Gasteiger partial charge in [0, 0.05) is 20.5 Å². The topological polar surface area (TPSA) is 93.1 Å². The average molecular weight is 417 g/mol. The molecular formula is C23H44O6. The van der Waals surface area contributed by atoms with E-state index in [9.17, 15) is 14.7 Å². The molecule has 1 atom stereocenters. The van der Waals surface area contributed by atoms with Gasteiger partial charge in [-0.3, -0.25) is 9.59 Å². The Hall–Kier alpha value is -1.24. The van der Waals surface area contributed by atoms with Crippen molar-refractivity contribution in [2.75, 3.05) is 20.3 Å². The minimum Gasteiger partial charge on any atom is -0.394 e. The smallest absolute Gasteiger partial charge is 0.313 e. The van der Waals surface area contributed by atoms with Crippen LogP contribution in [0.2, 0.25) is 0 Å². The monoisotopic (exact) mass is 416 g/mol. The molecule has 29 heavy (non-hydrogen) atoms. The number of carbonyl (C=O) groups excluding carboxylic acids is 2. The van der Waals surface area contributed by atoms with E-state index in [0.717, 1.165) is 57.8 Å². The maximum absolute atomic E-state index is 11.1. The minimum absolute atomic E-state index is 0.122. The molecule has 0 heterocycles. The Bertz CT molecular complexity index is 393. The van der Waals surface area contributed by atoms with Crippen molar-refractivity contribution in [2.24, 2.45) is 0 Å². The fraction of sp³-hybridized carbons (Fsp3) is 0.826. The third-order valence-electron chi connectivity index (χ3n) is 4.27. The van der Waals surface area contributed by atoms with Crippen molar-refractivity contribution in [3.63, 3.8) is 0 Å². The molecule has 6 heteroatoms. The number of allylic oxidation sites excluding steroid dienone is 1. The number of unbranched alkanes of at least 4 members (excludes halogenated alkanes) is 8. The van der Waals surface area contributed by atoms with Gasteiger partial charge in [0.25, 0.3) is 0 Å². The Labute approximate surface area is 177 Å². The molecule has 2 N–H and O–H groups in total. The zero-order valence-electron chi connectivity index (χ0n) is 18.9. The van der Waals surface area contributed by atoms with E-state index in [0.29, 0.717) is 13.0 Å². The van der Waals surface area contributed by atoms with Crippen LogP contribution in [0.4, 0.5) is 0 Å². The predicted molar refractivity (Wildman–Crippen MR) is 117 cm³/mol. The number of ether oxygens (including phenoxy) is 2. The van der Waals surface area contributed by atoms with E-state index in [2.05, 4.69) is 28.5 Å². The Morgan fingerprint density at radius 2 is 1.62 bits per heavy atom. The molecule has 0 unspecified atom stereocenters. The highest BCUT2D eigenvalue weighted by Gasteiger charge is 2.05. The molecule has 0 fully saturated rings. The first-order valence-electron chi connectivity index (χ1n) is 11.1. The summed E-state index contributed by atoms with van der Waals surface area (Å²) >= 11 is 0. The lowest BCUT2D eigenvalue weighted by atomic mass is 10.1. The van der Waals surface area contributed by atoms with Gasteiger partial charge in [-0.2, -0.15) is 0 Å². The summed E-state index contributed by atoms with van der Waals surface area (Å²) < 4.78 is 8.91. The highest BCUT2D eigenvalue weighted by atomic mass is 16.6. The number of carbonyl (C=O) groups is 2. The lowest BCUT2D eigenvalue weighted by Gasteiger charge is -2.07. The van der Waals surface area contributed by atoms with Gasteiger partial charge in [-0.25, -0.2) is 0 Å². The molecule has 0 aliphatic carbocycles. The second-order valence-corrected chi connectivity index (χ2v) is 7.20. The van der Waals surface area contributed by atoms with Gasteiger partial charge in [0.05, 0.1) is 19.3 Å². The normalized spacial score (nSPS) is 11.8. The van der Waals surface area contributed by atoms with Crippen molar-refractivity contribution >= 4 is 11.9 Å². The summed E-state index contributed by atoms with van der Waals surface area (Å²) in [4.78, 5) is 21.7. The average Bonchev–Trinajstić information content (AvgIpc) is 2.67. The van der Waals surface area contributed by atoms with Gasteiger partial charge in [-0.05, 0) is 32.1 Å². The van der Waals surface area contributed by atoms with Crippen LogP contribution in [0.25, 0.3) is 0 Å². The summed E-state index contributed by atoms with van der Waals surface area (Å²) in [5, 5.41) is 17.8. The highest BCUT2D eigenvalue weighted by Crippen LogP contribution is 2.10. The predicted octanol–water partition coefficient (Wildman–Crippen LogP) is 4.71. The first-order valence-corrected chi connectivity index (χ1v) is 11.1. The van der Waals surface area contributed by atoms with Crippen LogP contribution >= 0.6 is 0 Å². The third kappa shape index (κ3) is 29.1. The van der Waals surface area contributed by atoms with E-state index < -0.39 is 11.9 Å². The molecule has 0 aromatic heterocycles. The number of hydrogen-bond donors (Lipinski definition) is 2. The second kappa shape index (κ2) is 24.8. The van der Waals surface area contributed by atoms with E-state index >= 15 is 0 Å². The fourth-order valence-electron chi connectivity index (χ4n) is 2.66. The number of aliphatic hydroxyl groups is 2. The maximum Gasteiger partial charge on any atom is 0.313 e. The molecule has 0 aromatic carbocycles. The van der Waals surface area contributed by atoms with Gasteiger partial charge < -0.3 is 19.7 Å². The zero-order valence-corrected chi connectivity index (χ0v) is 18.9. The van der Waals surface area contributed by atoms with Gasteiger partial charge in [-0.1, -0.05) is 64.0 Å². The quantitative estimate of drug-likeness (QED) is 0.154. The molecule has 0 rings (SSSR count). The highest BCUT2D eigenvalue weighted by molar-refractivity contribution is 5.83. The molecule has 0 amide bonds. The van der Waals surface area contributed by atoms with E-state index in [1.54, 1.807) is 7.11 Å². The van der Waals surface area contributed by atoms with Crippen LogP contribution in [-0.2, 0) is 19.1 Å². The van der Waals surface area contributed by atoms with E-state index in [1.165, 1.54) is 26.2 Å². The van der Waals surface area contributed by atoms with Crippen LogP contribution in [0.3, 0.4) is 0 Å². The van der Waals surface area contributed by atoms with Crippen molar-refractivity contribution in [1.82, 2.24) is 0 Å². The van der Waals surface area contributed by atoms with Crippen LogP contribution in [0.15, 0.2) is 12.2 Å². The lowest BCUT2D eigenvalue weighted by Crippen LogP contribution is -2.08. The Morgan fingerprint density at radius 1 is 0.966 bits per heavy atom. The molecule has 0 radical (unpaired) electrons. The molecule has 0 saturated carbocycles. The summed E-state index contributed by atoms with van der Waals surface area (Å²) in [6, 6.07) is 0. The van der Waals surface area contributed by atoms with Gasteiger partial charge in [0.1, 0.15) is 0 Å². The number of rotatable bonds is 17. The Balaban J connectivity index is 0. The van der Waals surface area contributed by atoms with Crippen molar-refractivity contribution < 1.29 is 29.3 Å². The molecule has 172 valence electrons. The van der Waals surface area contributed by atoms with Gasteiger partial charge in [0.2, 0.25) is 0 Å². The summed E-state index contributed by atoms with van der Waals surface area (Å²) in [6.45, 7) is 4.01. The first kappa shape index (κ1) is 30.0. The summed E-state index contributed by atoms with van der Waals surface area (Å²) in [5.74, 6) is -0.948. The maximum atomic E-state index is 11.1. The number of methoxy groups -OCH3 is 1. The number of aliphatic hydroxyl groups excluding tert-OH is 2. The van der Waals surface area contributed by atoms with E-state index in [1.807, 2.05) is 0 Å². The second-order valence-electron chi connectivity index (χ2n) is 7.20. The summed E-state index contributed by atoms with van der Waals surface area (Å²) in [5.41, 5.74) is 0. The zero-order chi connectivity index (χ0) is 22.2. The van der Waals surface area contributed by atoms with Crippen molar-refractivity contribution in [1.29, 1.82) is 0 Å². The van der Waals surface area contributed by atoms with Crippen molar-refractivity contribution in [3.05, 3.63) is 12.2 Å². The summed E-state index contributed by atoms with van der Waals surface area (Å²) in [6.07, 6.45) is 17.2. The molecule has 6 nitrogen and oxygen atoms in total. The van der Waals surface area contributed by atoms with Crippen LogP contribution in [-0.4, -0.2) is 48.6 Å². The van der Waals surface area contributed by atoms with Crippen molar-refractivity contribution in [3.8, 4) is 0 Å². The third-order valence-corrected chi connectivity index (χ3v) is 4.27. The first-order chi connectivity index (χ1) is 14.0. The molecular weight excluding hydrogens is 372 g/mol. The van der Waals surface area contributed by atoms with E-state index in [-0.39, 0.29) is 12.7 Å². The molecule has 0 aliphatic heterocycles. The number of esters is 2. The van der Waals surface area contributed by atoms with Crippen LogP contribution in [0.5, 0.6) is 0 Å².